The predicted octanol–water partition coefficient (Wildman–Crippen LogP) is 3.31. The van der Waals surface area contributed by atoms with Crippen LogP contribution in [0.4, 0.5) is 0 Å². The second-order valence-electron chi connectivity index (χ2n) is 9.41. The lowest BCUT2D eigenvalue weighted by Crippen LogP contribution is -2.44. The fourth-order valence-corrected chi connectivity index (χ4v) is 5.13. The average molecular weight is 429 g/mol. The molecule has 3 aliphatic rings. The largest absolute Gasteiger partial charge is 0.381 e. The molecule has 2 saturated heterocycles. The van der Waals surface area contributed by atoms with Crippen molar-refractivity contribution in [1.82, 2.24) is 15.5 Å². The number of hydrogen-bond acceptors (Lipinski definition) is 4. The van der Waals surface area contributed by atoms with E-state index in [1.807, 2.05) is 7.05 Å². The van der Waals surface area contributed by atoms with Crippen molar-refractivity contribution >= 4 is 5.96 Å². The zero-order chi connectivity index (χ0) is 21.3. The SMILES string of the molecule is CN=C(NCc1cccc(COC2CCOCC2)c1)NC1CCN(CC2CCCC2)C1. The van der Waals surface area contributed by atoms with E-state index in [0.29, 0.717) is 18.8 Å². The second kappa shape index (κ2) is 11.8. The van der Waals surface area contributed by atoms with E-state index in [-0.39, 0.29) is 0 Å². The van der Waals surface area contributed by atoms with Crippen LogP contribution in [0.1, 0.15) is 56.1 Å². The van der Waals surface area contributed by atoms with Gasteiger partial charge in [-0.15, -0.1) is 0 Å². The highest BCUT2D eigenvalue weighted by molar-refractivity contribution is 5.80. The van der Waals surface area contributed by atoms with Crippen LogP contribution < -0.4 is 10.6 Å². The fourth-order valence-electron chi connectivity index (χ4n) is 5.13. The third-order valence-electron chi connectivity index (χ3n) is 6.93. The van der Waals surface area contributed by atoms with E-state index < -0.39 is 0 Å². The van der Waals surface area contributed by atoms with Crippen molar-refractivity contribution in [3.8, 4) is 0 Å². The standard InChI is InChI=1S/C25H40N4O2/c1-26-25(28-23-9-12-29(18-23)17-20-5-2-3-6-20)27-16-21-7-4-8-22(15-21)19-31-24-10-13-30-14-11-24/h4,7-8,15,20,23-24H,2-3,5-6,9-14,16-19H2,1H3,(H2,26,27,28). The molecule has 2 N–H and O–H groups in total. The molecule has 2 aliphatic heterocycles. The van der Waals surface area contributed by atoms with Crippen LogP contribution in [0, 0.1) is 5.92 Å². The normalized spacial score (nSPS) is 24.0. The molecule has 1 aromatic rings. The molecule has 0 radical (unpaired) electrons. The number of likely N-dealkylation sites (tertiary alicyclic amines) is 1. The van der Waals surface area contributed by atoms with Gasteiger partial charge in [0.2, 0.25) is 0 Å². The first-order chi connectivity index (χ1) is 15.3. The number of aliphatic imine (C=N–C) groups is 1. The zero-order valence-electron chi connectivity index (χ0n) is 19.2. The molecule has 172 valence electrons. The first-order valence-electron chi connectivity index (χ1n) is 12.2. The molecule has 0 bridgehead atoms. The highest BCUT2D eigenvalue weighted by Crippen LogP contribution is 2.26. The summed E-state index contributed by atoms with van der Waals surface area (Å²) < 4.78 is 11.5. The number of benzene rings is 1. The van der Waals surface area contributed by atoms with E-state index in [1.54, 1.807) is 0 Å². The maximum atomic E-state index is 6.08. The molecule has 1 unspecified atom stereocenters. The van der Waals surface area contributed by atoms with Gasteiger partial charge in [0, 0.05) is 52.5 Å². The minimum atomic E-state index is 0.332. The number of guanidine groups is 1. The number of nitrogens with one attached hydrogen (secondary N) is 2. The smallest absolute Gasteiger partial charge is 0.191 e. The summed E-state index contributed by atoms with van der Waals surface area (Å²) in [6.45, 7) is 6.71. The zero-order valence-corrected chi connectivity index (χ0v) is 19.2. The van der Waals surface area contributed by atoms with Crippen molar-refractivity contribution in [3.05, 3.63) is 35.4 Å². The Balaban J connectivity index is 1.19. The molecule has 6 heteroatoms. The highest BCUT2D eigenvalue weighted by Gasteiger charge is 2.26. The molecule has 0 aromatic heterocycles. The molecule has 1 aromatic carbocycles. The number of hydrogen-bond donors (Lipinski definition) is 2. The lowest BCUT2D eigenvalue weighted by Gasteiger charge is -2.22. The van der Waals surface area contributed by atoms with Gasteiger partial charge in [-0.3, -0.25) is 4.99 Å². The van der Waals surface area contributed by atoms with Gasteiger partial charge in [0.1, 0.15) is 0 Å². The van der Waals surface area contributed by atoms with Gasteiger partial charge in [-0.05, 0) is 49.1 Å². The summed E-state index contributed by atoms with van der Waals surface area (Å²) in [5.74, 6) is 1.83. The van der Waals surface area contributed by atoms with Crippen molar-refractivity contribution in [2.75, 3.05) is 39.9 Å². The Kier molecular flexibility index (Phi) is 8.62. The van der Waals surface area contributed by atoms with Gasteiger partial charge in [0.25, 0.3) is 0 Å². The fraction of sp³-hybridized carbons (Fsp3) is 0.720. The third-order valence-corrected chi connectivity index (χ3v) is 6.93. The van der Waals surface area contributed by atoms with Crippen LogP contribution in [0.15, 0.2) is 29.3 Å². The predicted molar refractivity (Wildman–Crippen MR) is 125 cm³/mol. The summed E-state index contributed by atoms with van der Waals surface area (Å²) >= 11 is 0. The van der Waals surface area contributed by atoms with Gasteiger partial charge < -0.3 is 25.0 Å². The molecule has 6 nitrogen and oxygen atoms in total. The molecule has 3 fully saturated rings. The lowest BCUT2D eigenvalue weighted by molar-refractivity contribution is -0.0390. The summed E-state index contributed by atoms with van der Waals surface area (Å²) in [5.41, 5.74) is 2.48. The Bertz CT molecular complexity index is 699. The van der Waals surface area contributed by atoms with E-state index in [1.165, 1.54) is 56.3 Å². The number of rotatable bonds is 8. The van der Waals surface area contributed by atoms with Gasteiger partial charge >= 0.3 is 0 Å². The average Bonchev–Trinajstić information content (AvgIpc) is 3.48. The second-order valence-corrected chi connectivity index (χ2v) is 9.41. The maximum absolute atomic E-state index is 6.08. The molecule has 0 amide bonds. The van der Waals surface area contributed by atoms with Crippen molar-refractivity contribution in [2.45, 2.75) is 70.2 Å². The van der Waals surface area contributed by atoms with Gasteiger partial charge in [0.15, 0.2) is 5.96 Å². The Morgan fingerprint density at radius 3 is 2.74 bits per heavy atom. The summed E-state index contributed by atoms with van der Waals surface area (Å²) in [6, 6.07) is 9.16. The first kappa shape index (κ1) is 22.6. The van der Waals surface area contributed by atoms with Crippen LogP contribution in [0.2, 0.25) is 0 Å². The molecule has 4 rings (SSSR count). The van der Waals surface area contributed by atoms with Gasteiger partial charge in [-0.2, -0.15) is 0 Å². The number of nitrogens with zero attached hydrogens (tertiary/aromatic N) is 2. The van der Waals surface area contributed by atoms with E-state index in [0.717, 1.165) is 51.0 Å². The summed E-state index contributed by atoms with van der Waals surface area (Å²) in [7, 11) is 1.86. The van der Waals surface area contributed by atoms with Crippen LogP contribution >= 0.6 is 0 Å². The van der Waals surface area contributed by atoms with E-state index in [2.05, 4.69) is 44.8 Å². The Morgan fingerprint density at radius 2 is 1.94 bits per heavy atom. The quantitative estimate of drug-likeness (QED) is 0.491. The highest BCUT2D eigenvalue weighted by atomic mass is 16.5. The van der Waals surface area contributed by atoms with E-state index >= 15 is 0 Å². The molecule has 2 heterocycles. The van der Waals surface area contributed by atoms with Crippen LogP contribution in [0.5, 0.6) is 0 Å². The molecular formula is C25H40N4O2. The summed E-state index contributed by atoms with van der Waals surface area (Å²) in [6.07, 6.45) is 9.25. The monoisotopic (exact) mass is 428 g/mol. The van der Waals surface area contributed by atoms with Crippen LogP contribution in [0.25, 0.3) is 0 Å². The van der Waals surface area contributed by atoms with E-state index in [4.69, 9.17) is 9.47 Å². The van der Waals surface area contributed by atoms with Crippen molar-refractivity contribution < 1.29 is 9.47 Å². The Labute approximate surface area is 187 Å². The minimum Gasteiger partial charge on any atom is -0.381 e. The Hall–Kier alpha value is -1.63. The topological polar surface area (TPSA) is 58.1 Å². The van der Waals surface area contributed by atoms with Crippen LogP contribution in [-0.2, 0) is 22.6 Å². The molecule has 1 saturated carbocycles. The third kappa shape index (κ3) is 7.19. The van der Waals surface area contributed by atoms with Crippen molar-refractivity contribution in [2.24, 2.45) is 10.9 Å². The summed E-state index contributed by atoms with van der Waals surface area (Å²) in [5, 5.41) is 7.13. The van der Waals surface area contributed by atoms with Gasteiger partial charge in [-0.25, -0.2) is 0 Å². The number of ether oxygens (including phenoxy) is 2. The van der Waals surface area contributed by atoms with Gasteiger partial charge in [-0.1, -0.05) is 37.1 Å². The molecule has 31 heavy (non-hydrogen) atoms. The maximum Gasteiger partial charge on any atom is 0.191 e. The van der Waals surface area contributed by atoms with Crippen LogP contribution in [-0.4, -0.2) is 62.9 Å². The molecule has 1 atom stereocenters. The minimum absolute atomic E-state index is 0.332. The first-order valence-corrected chi connectivity index (χ1v) is 12.2. The lowest BCUT2D eigenvalue weighted by atomic mass is 10.1. The van der Waals surface area contributed by atoms with Crippen molar-refractivity contribution in [1.29, 1.82) is 0 Å². The van der Waals surface area contributed by atoms with E-state index in [9.17, 15) is 0 Å². The van der Waals surface area contributed by atoms with Crippen LogP contribution in [0.3, 0.4) is 0 Å². The van der Waals surface area contributed by atoms with Crippen molar-refractivity contribution in [3.63, 3.8) is 0 Å². The summed E-state index contributed by atoms with van der Waals surface area (Å²) in [4.78, 5) is 7.10. The molecule has 0 spiro atoms. The molecular weight excluding hydrogens is 388 g/mol. The Morgan fingerprint density at radius 1 is 1.13 bits per heavy atom. The van der Waals surface area contributed by atoms with Gasteiger partial charge in [0.05, 0.1) is 12.7 Å². The molecule has 1 aliphatic carbocycles.